The Bertz CT molecular complexity index is 359. The lowest BCUT2D eigenvalue weighted by Gasteiger charge is -2.12. The van der Waals surface area contributed by atoms with Crippen LogP contribution in [0.4, 0.5) is 0 Å². The summed E-state index contributed by atoms with van der Waals surface area (Å²) < 4.78 is 4.84. The topological polar surface area (TPSA) is 52.3 Å². The summed E-state index contributed by atoms with van der Waals surface area (Å²) in [5.41, 5.74) is 7.79. The number of hydrogen-bond acceptors (Lipinski definition) is 3. The number of benzene rings is 1. The van der Waals surface area contributed by atoms with Crippen molar-refractivity contribution in [2.24, 2.45) is 5.73 Å². The normalized spacial score (nSPS) is 12.2. The summed E-state index contributed by atoms with van der Waals surface area (Å²) in [4.78, 5) is 11.3. The minimum Gasteiger partial charge on any atom is -0.466 e. The zero-order valence-corrected chi connectivity index (χ0v) is 10.3. The summed E-state index contributed by atoms with van der Waals surface area (Å²) in [6.07, 6.45) is 0.174. The Hall–Kier alpha value is -1.06. The number of hydrogen-bond donors (Lipinski definition) is 1. The van der Waals surface area contributed by atoms with E-state index in [1.165, 1.54) is 0 Å². The minimum atomic E-state index is -0.364. The molecule has 0 radical (unpaired) electrons. The Morgan fingerprint density at radius 3 is 2.75 bits per heavy atom. The van der Waals surface area contributed by atoms with Gasteiger partial charge in [0.15, 0.2) is 0 Å². The number of carbonyl (C=O) groups is 1. The predicted octanol–water partition coefficient (Wildman–Crippen LogP) is 2.60. The molecule has 0 saturated heterocycles. The summed E-state index contributed by atoms with van der Waals surface area (Å²) in [5.74, 6) is -0.285. The van der Waals surface area contributed by atoms with Crippen molar-refractivity contribution in [3.63, 3.8) is 0 Å². The average molecular weight is 242 g/mol. The first-order chi connectivity index (χ1) is 7.52. The van der Waals surface area contributed by atoms with E-state index >= 15 is 0 Å². The molecular weight excluding hydrogens is 226 g/mol. The predicted molar refractivity (Wildman–Crippen MR) is 64.4 cm³/mol. The quantitative estimate of drug-likeness (QED) is 0.825. The van der Waals surface area contributed by atoms with Crippen LogP contribution in [0.15, 0.2) is 18.2 Å². The van der Waals surface area contributed by atoms with Crippen LogP contribution in [0.1, 0.15) is 30.5 Å². The fourth-order valence-corrected chi connectivity index (χ4v) is 1.79. The van der Waals surface area contributed by atoms with Crippen molar-refractivity contribution in [2.75, 3.05) is 6.61 Å². The molecule has 0 unspecified atom stereocenters. The highest BCUT2D eigenvalue weighted by molar-refractivity contribution is 6.30. The lowest BCUT2D eigenvalue weighted by molar-refractivity contribution is -0.143. The highest BCUT2D eigenvalue weighted by Crippen LogP contribution is 2.21. The Morgan fingerprint density at radius 2 is 2.19 bits per heavy atom. The molecule has 88 valence electrons. The molecule has 0 aromatic heterocycles. The van der Waals surface area contributed by atoms with Crippen LogP contribution < -0.4 is 5.73 Å². The number of rotatable bonds is 4. The molecule has 0 heterocycles. The van der Waals surface area contributed by atoms with Crippen molar-refractivity contribution in [1.82, 2.24) is 0 Å². The van der Waals surface area contributed by atoms with Crippen LogP contribution in [-0.4, -0.2) is 12.6 Å². The molecule has 0 aliphatic heterocycles. The van der Waals surface area contributed by atoms with Gasteiger partial charge in [0.05, 0.1) is 13.0 Å². The molecule has 1 atom stereocenters. The molecule has 0 spiro atoms. The Kier molecular flexibility index (Phi) is 4.77. The molecule has 0 amide bonds. The van der Waals surface area contributed by atoms with Crippen molar-refractivity contribution < 1.29 is 9.53 Å². The summed E-state index contributed by atoms with van der Waals surface area (Å²) in [5, 5.41) is 0.634. The summed E-state index contributed by atoms with van der Waals surface area (Å²) in [7, 11) is 0. The van der Waals surface area contributed by atoms with Crippen LogP contribution in [0.2, 0.25) is 5.02 Å². The van der Waals surface area contributed by atoms with E-state index in [-0.39, 0.29) is 18.4 Å². The van der Waals surface area contributed by atoms with Crippen LogP contribution in [0.5, 0.6) is 0 Å². The molecule has 0 fully saturated rings. The Balaban J connectivity index is 2.72. The molecule has 16 heavy (non-hydrogen) atoms. The maximum Gasteiger partial charge on any atom is 0.307 e. The molecule has 1 rings (SSSR count). The molecule has 0 saturated carbocycles. The van der Waals surface area contributed by atoms with E-state index in [1.807, 2.05) is 19.1 Å². The van der Waals surface area contributed by atoms with Crippen molar-refractivity contribution in [2.45, 2.75) is 26.3 Å². The third-order valence-electron chi connectivity index (χ3n) is 2.18. The lowest BCUT2D eigenvalue weighted by Crippen LogP contribution is -2.17. The molecule has 0 bridgehead atoms. The highest BCUT2D eigenvalue weighted by Gasteiger charge is 2.13. The van der Waals surface area contributed by atoms with Crippen molar-refractivity contribution in [3.8, 4) is 0 Å². The minimum absolute atomic E-state index is 0.174. The SMILES string of the molecule is CCOC(=O)C[C@H](N)c1cc(C)cc(Cl)c1. The van der Waals surface area contributed by atoms with E-state index in [0.29, 0.717) is 11.6 Å². The molecule has 0 aliphatic rings. The van der Waals surface area contributed by atoms with Gasteiger partial charge in [-0.15, -0.1) is 0 Å². The second-order valence-electron chi connectivity index (χ2n) is 3.68. The smallest absolute Gasteiger partial charge is 0.307 e. The zero-order valence-electron chi connectivity index (χ0n) is 9.50. The van der Waals surface area contributed by atoms with Gasteiger partial charge in [-0.05, 0) is 37.1 Å². The van der Waals surface area contributed by atoms with E-state index in [4.69, 9.17) is 22.1 Å². The second kappa shape index (κ2) is 5.87. The summed E-state index contributed by atoms with van der Waals surface area (Å²) >= 11 is 5.92. The van der Waals surface area contributed by atoms with Crippen LogP contribution in [-0.2, 0) is 9.53 Å². The van der Waals surface area contributed by atoms with Gasteiger partial charge in [-0.25, -0.2) is 0 Å². The largest absolute Gasteiger partial charge is 0.466 e. The molecule has 1 aromatic carbocycles. The van der Waals surface area contributed by atoms with E-state index in [2.05, 4.69) is 0 Å². The number of esters is 1. The van der Waals surface area contributed by atoms with Crippen LogP contribution >= 0.6 is 11.6 Å². The van der Waals surface area contributed by atoms with Crippen LogP contribution in [0.25, 0.3) is 0 Å². The molecular formula is C12H16ClNO2. The van der Waals surface area contributed by atoms with E-state index in [0.717, 1.165) is 11.1 Å². The van der Waals surface area contributed by atoms with Crippen molar-refractivity contribution in [3.05, 3.63) is 34.3 Å². The second-order valence-corrected chi connectivity index (χ2v) is 4.11. The lowest BCUT2D eigenvalue weighted by atomic mass is 10.0. The zero-order chi connectivity index (χ0) is 12.1. The van der Waals surface area contributed by atoms with E-state index in [1.54, 1.807) is 13.0 Å². The van der Waals surface area contributed by atoms with Gasteiger partial charge in [0.25, 0.3) is 0 Å². The first-order valence-electron chi connectivity index (χ1n) is 5.21. The van der Waals surface area contributed by atoms with Gasteiger partial charge in [0.1, 0.15) is 0 Å². The van der Waals surface area contributed by atoms with Crippen LogP contribution in [0, 0.1) is 6.92 Å². The average Bonchev–Trinajstić information content (AvgIpc) is 2.16. The molecule has 3 nitrogen and oxygen atoms in total. The van der Waals surface area contributed by atoms with Gasteiger partial charge in [-0.1, -0.05) is 17.7 Å². The molecule has 2 N–H and O–H groups in total. The summed E-state index contributed by atoms with van der Waals surface area (Å²) in [6.45, 7) is 4.08. The van der Waals surface area contributed by atoms with Gasteiger partial charge >= 0.3 is 5.97 Å². The third kappa shape index (κ3) is 3.83. The standard InChI is InChI=1S/C12H16ClNO2/c1-3-16-12(15)7-11(14)9-4-8(2)5-10(13)6-9/h4-6,11H,3,7,14H2,1-2H3/t11-/m0/s1. The Morgan fingerprint density at radius 1 is 1.50 bits per heavy atom. The van der Waals surface area contributed by atoms with E-state index < -0.39 is 0 Å². The van der Waals surface area contributed by atoms with Gasteiger partial charge in [-0.2, -0.15) is 0 Å². The van der Waals surface area contributed by atoms with E-state index in [9.17, 15) is 4.79 Å². The number of carbonyl (C=O) groups excluding carboxylic acids is 1. The first-order valence-corrected chi connectivity index (χ1v) is 5.59. The molecule has 4 heteroatoms. The maximum atomic E-state index is 11.3. The number of aryl methyl sites for hydroxylation is 1. The monoisotopic (exact) mass is 241 g/mol. The Labute approximate surface area is 101 Å². The van der Waals surface area contributed by atoms with Crippen LogP contribution in [0.3, 0.4) is 0 Å². The third-order valence-corrected chi connectivity index (χ3v) is 2.40. The summed E-state index contributed by atoms with van der Waals surface area (Å²) in [6, 6.07) is 5.19. The number of ether oxygens (including phenoxy) is 1. The maximum absolute atomic E-state index is 11.3. The fourth-order valence-electron chi connectivity index (χ4n) is 1.50. The number of nitrogens with two attached hydrogens (primary N) is 1. The van der Waals surface area contributed by atoms with Gasteiger partial charge in [0, 0.05) is 11.1 Å². The van der Waals surface area contributed by atoms with Gasteiger partial charge < -0.3 is 10.5 Å². The van der Waals surface area contributed by atoms with Crippen molar-refractivity contribution in [1.29, 1.82) is 0 Å². The van der Waals surface area contributed by atoms with Gasteiger partial charge in [0.2, 0.25) is 0 Å². The fraction of sp³-hybridized carbons (Fsp3) is 0.417. The van der Waals surface area contributed by atoms with Crippen molar-refractivity contribution >= 4 is 17.6 Å². The highest BCUT2D eigenvalue weighted by atomic mass is 35.5. The first kappa shape index (κ1) is 13.0. The molecule has 1 aromatic rings. The van der Waals surface area contributed by atoms with Gasteiger partial charge in [-0.3, -0.25) is 4.79 Å². The number of halogens is 1. The molecule has 0 aliphatic carbocycles.